The van der Waals surface area contributed by atoms with Gasteiger partial charge in [-0.2, -0.15) is 4.31 Å². The van der Waals surface area contributed by atoms with Crippen LogP contribution in [0, 0.1) is 19.8 Å². The molecule has 0 radical (unpaired) electrons. The van der Waals surface area contributed by atoms with Gasteiger partial charge in [0.2, 0.25) is 15.9 Å². The molecular formula is C28H33Cl3N6O3S. The summed E-state index contributed by atoms with van der Waals surface area (Å²) in [7, 11) is -3.57. The zero-order valence-electron chi connectivity index (χ0n) is 23.0. The lowest BCUT2D eigenvalue weighted by atomic mass is 9.96. The second-order valence-corrected chi connectivity index (χ2v) is 14.0. The molecule has 2 aliphatic rings. The van der Waals surface area contributed by atoms with E-state index in [1.54, 1.807) is 28.9 Å². The summed E-state index contributed by atoms with van der Waals surface area (Å²) in [6, 6.07) is 8.47. The molecule has 2 saturated heterocycles. The van der Waals surface area contributed by atoms with Crippen molar-refractivity contribution >= 4 is 50.7 Å². The first-order chi connectivity index (χ1) is 19.5. The number of aryl methyl sites for hydroxylation is 2. The second kappa shape index (κ2) is 12.6. The van der Waals surface area contributed by atoms with Crippen LogP contribution in [0.4, 0.5) is 0 Å². The van der Waals surface area contributed by atoms with E-state index in [-0.39, 0.29) is 17.9 Å². The van der Waals surface area contributed by atoms with E-state index < -0.39 is 10.0 Å². The lowest BCUT2D eigenvalue weighted by Gasteiger charge is -2.35. The molecule has 220 valence electrons. The molecule has 2 fully saturated rings. The van der Waals surface area contributed by atoms with Gasteiger partial charge in [-0.25, -0.2) is 13.1 Å². The largest absolute Gasteiger partial charge is 0.352 e. The zero-order valence-corrected chi connectivity index (χ0v) is 26.1. The van der Waals surface area contributed by atoms with E-state index in [1.165, 1.54) is 4.31 Å². The van der Waals surface area contributed by atoms with Crippen LogP contribution >= 0.6 is 34.8 Å². The normalized spacial score (nSPS) is 19.4. The number of rotatable bonds is 7. The number of amides is 1. The molecule has 1 unspecified atom stereocenters. The Hall–Kier alpha value is -2.21. The van der Waals surface area contributed by atoms with Gasteiger partial charge in [-0.3, -0.25) is 9.69 Å². The molecule has 0 bridgehead atoms. The van der Waals surface area contributed by atoms with Gasteiger partial charge in [-0.15, -0.1) is 5.10 Å². The Labute approximate surface area is 255 Å². The van der Waals surface area contributed by atoms with Gasteiger partial charge < -0.3 is 5.32 Å². The highest BCUT2D eigenvalue weighted by Gasteiger charge is 2.33. The van der Waals surface area contributed by atoms with Gasteiger partial charge in [0.25, 0.3) is 0 Å². The minimum atomic E-state index is -3.57. The first kappa shape index (κ1) is 30.3. The molecule has 1 aromatic heterocycles. The van der Waals surface area contributed by atoms with E-state index in [4.69, 9.17) is 34.8 Å². The molecule has 5 rings (SSSR count). The SMILES string of the molecule is Cc1ccc(S(=O)(=O)N2CCC(C(=O)NC3CCCN(Cc4cn(-c5cc(Cl)c(Cl)cc5Cl)nn4)C3)CC2)cc1C. The van der Waals surface area contributed by atoms with Gasteiger partial charge in [-0.05, 0) is 81.5 Å². The molecule has 3 heterocycles. The van der Waals surface area contributed by atoms with E-state index in [9.17, 15) is 13.2 Å². The van der Waals surface area contributed by atoms with Crippen molar-refractivity contribution in [2.24, 2.45) is 5.92 Å². The van der Waals surface area contributed by atoms with E-state index in [1.807, 2.05) is 26.1 Å². The lowest BCUT2D eigenvalue weighted by Crippen LogP contribution is -2.50. The number of benzene rings is 2. The number of hydrogen-bond acceptors (Lipinski definition) is 6. The number of carbonyl (C=O) groups excluding carboxylic acids is 1. The van der Waals surface area contributed by atoms with Crippen LogP contribution in [0.3, 0.4) is 0 Å². The molecule has 9 nitrogen and oxygen atoms in total. The average Bonchev–Trinajstić information content (AvgIpc) is 3.40. The summed E-state index contributed by atoms with van der Waals surface area (Å²) in [6.07, 6.45) is 4.67. The Bertz CT molecular complexity index is 1540. The predicted octanol–water partition coefficient (Wildman–Crippen LogP) is 5.03. The summed E-state index contributed by atoms with van der Waals surface area (Å²) in [5.74, 6) is -0.201. The van der Waals surface area contributed by atoms with Crippen LogP contribution in [0.15, 0.2) is 41.4 Å². The number of nitrogens with one attached hydrogen (secondary N) is 1. The average molecular weight is 640 g/mol. The van der Waals surface area contributed by atoms with Crippen molar-refractivity contribution in [2.75, 3.05) is 26.2 Å². The van der Waals surface area contributed by atoms with E-state index >= 15 is 0 Å². The van der Waals surface area contributed by atoms with Crippen LogP contribution in [-0.2, 0) is 21.4 Å². The quantitative estimate of drug-likeness (QED) is 0.364. The van der Waals surface area contributed by atoms with Gasteiger partial charge in [0, 0.05) is 38.1 Å². The van der Waals surface area contributed by atoms with E-state index in [0.29, 0.717) is 64.7 Å². The number of sulfonamides is 1. The summed E-state index contributed by atoms with van der Waals surface area (Å²) >= 11 is 18.5. The molecule has 2 aromatic carbocycles. The molecule has 1 N–H and O–H groups in total. The molecular weight excluding hydrogens is 607 g/mol. The molecule has 3 aromatic rings. The zero-order chi connectivity index (χ0) is 29.3. The second-order valence-electron chi connectivity index (χ2n) is 10.9. The Balaban J connectivity index is 1.13. The Morgan fingerprint density at radius 3 is 2.44 bits per heavy atom. The van der Waals surface area contributed by atoms with Gasteiger partial charge >= 0.3 is 0 Å². The van der Waals surface area contributed by atoms with Crippen molar-refractivity contribution in [1.82, 2.24) is 29.5 Å². The third-order valence-corrected chi connectivity index (χ3v) is 10.9. The van der Waals surface area contributed by atoms with Crippen molar-refractivity contribution in [2.45, 2.75) is 57.0 Å². The number of halogens is 3. The number of nitrogens with zero attached hydrogens (tertiary/aromatic N) is 5. The van der Waals surface area contributed by atoms with E-state index in [0.717, 1.165) is 36.2 Å². The number of piperidine rings is 2. The molecule has 0 saturated carbocycles. The fourth-order valence-electron chi connectivity index (χ4n) is 5.42. The fraction of sp³-hybridized carbons (Fsp3) is 0.464. The summed E-state index contributed by atoms with van der Waals surface area (Å²) < 4.78 is 29.4. The smallest absolute Gasteiger partial charge is 0.243 e. The maximum absolute atomic E-state index is 13.1. The van der Waals surface area contributed by atoms with Crippen molar-refractivity contribution in [3.05, 3.63) is 68.4 Å². The molecule has 0 aliphatic carbocycles. The van der Waals surface area contributed by atoms with Gasteiger partial charge in [-0.1, -0.05) is 46.1 Å². The summed E-state index contributed by atoms with van der Waals surface area (Å²) in [4.78, 5) is 15.7. The minimum absolute atomic E-state index is 0.000261. The Morgan fingerprint density at radius 1 is 0.976 bits per heavy atom. The van der Waals surface area contributed by atoms with Gasteiger partial charge in [0.1, 0.15) is 0 Å². The Morgan fingerprint density at radius 2 is 1.71 bits per heavy atom. The first-order valence-electron chi connectivity index (χ1n) is 13.7. The highest BCUT2D eigenvalue weighted by Crippen LogP contribution is 2.31. The maximum atomic E-state index is 13.1. The molecule has 0 spiro atoms. The number of hydrogen-bond donors (Lipinski definition) is 1. The van der Waals surface area contributed by atoms with Crippen LogP contribution in [0.5, 0.6) is 0 Å². The first-order valence-corrected chi connectivity index (χ1v) is 16.2. The topological polar surface area (TPSA) is 100 Å². The summed E-state index contributed by atoms with van der Waals surface area (Å²) in [6.45, 7) is 6.72. The van der Waals surface area contributed by atoms with Crippen molar-refractivity contribution < 1.29 is 13.2 Å². The fourth-order valence-corrected chi connectivity index (χ4v) is 7.61. The molecule has 1 atom stereocenters. The van der Waals surface area contributed by atoms with Crippen LogP contribution in [0.1, 0.15) is 42.5 Å². The lowest BCUT2D eigenvalue weighted by molar-refractivity contribution is -0.127. The third-order valence-electron chi connectivity index (χ3n) is 7.96. The predicted molar refractivity (Wildman–Crippen MR) is 160 cm³/mol. The number of aromatic nitrogens is 3. The number of carbonyl (C=O) groups is 1. The third kappa shape index (κ3) is 6.89. The standard InChI is InChI=1S/C28H33Cl3N6O3S/c1-18-5-6-23(12-19(18)2)41(39,40)36-10-7-20(8-11-36)28(38)32-21-4-3-9-35(15-21)16-22-17-37(34-33-22)27-14-25(30)24(29)13-26(27)31/h5-6,12-14,17,20-21H,3-4,7-11,15-16H2,1-2H3,(H,32,38). The van der Waals surface area contributed by atoms with Crippen molar-refractivity contribution in [3.63, 3.8) is 0 Å². The highest BCUT2D eigenvalue weighted by atomic mass is 35.5. The molecule has 13 heteroatoms. The molecule has 2 aliphatic heterocycles. The maximum Gasteiger partial charge on any atom is 0.243 e. The van der Waals surface area contributed by atoms with Crippen LogP contribution in [-0.4, -0.2) is 70.7 Å². The van der Waals surface area contributed by atoms with Crippen molar-refractivity contribution in [1.29, 1.82) is 0 Å². The van der Waals surface area contributed by atoms with Gasteiger partial charge in [0.05, 0.1) is 37.5 Å². The van der Waals surface area contributed by atoms with Gasteiger partial charge in [0.15, 0.2) is 0 Å². The van der Waals surface area contributed by atoms with Crippen LogP contribution in [0.2, 0.25) is 15.1 Å². The Kier molecular flexibility index (Phi) is 9.28. The monoisotopic (exact) mass is 638 g/mol. The van der Waals surface area contributed by atoms with Crippen LogP contribution in [0.25, 0.3) is 5.69 Å². The van der Waals surface area contributed by atoms with Crippen LogP contribution < -0.4 is 5.32 Å². The highest BCUT2D eigenvalue weighted by molar-refractivity contribution is 7.89. The minimum Gasteiger partial charge on any atom is -0.352 e. The summed E-state index contributed by atoms with van der Waals surface area (Å²) in [5, 5.41) is 12.9. The van der Waals surface area contributed by atoms with E-state index in [2.05, 4.69) is 20.5 Å². The number of likely N-dealkylation sites (tertiary alicyclic amines) is 1. The summed E-state index contributed by atoms with van der Waals surface area (Å²) in [5.41, 5.74) is 3.37. The molecule has 41 heavy (non-hydrogen) atoms. The van der Waals surface area contributed by atoms with Crippen molar-refractivity contribution in [3.8, 4) is 5.69 Å². The molecule has 1 amide bonds.